The summed E-state index contributed by atoms with van der Waals surface area (Å²) in [5, 5.41) is 5.21. The van der Waals surface area contributed by atoms with Gasteiger partial charge in [-0.05, 0) is 47.9 Å². The lowest BCUT2D eigenvalue weighted by Gasteiger charge is -2.02. The number of nitrogens with zero attached hydrogens (tertiary/aromatic N) is 1. The minimum Gasteiger partial charge on any atom is -0.399 e. The Balaban J connectivity index is 2.15. The second-order valence-corrected chi connectivity index (χ2v) is 5.27. The molecule has 0 atom stereocenters. The number of fused-ring (bicyclic) bond motifs is 1. The fraction of sp³-hybridized carbons (Fsp3) is 0.353. The van der Waals surface area contributed by atoms with Crippen LogP contribution in [0.2, 0.25) is 0 Å². The molecule has 0 radical (unpaired) electrons. The molecule has 106 valence electrons. The molecule has 20 heavy (non-hydrogen) atoms. The number of rotatable bonds is 6. The van der Waals surface area contributed by atoms with Crippen molar-refractivity contribution in [3.8, 4) is 0 Å². The van der Waals surface area contributed by atoms with Gasteiger partial charge in [0.05, 0.1) is 5.71 Å². The highest BCUT2D eigenvalue weighted by Crippen LogP contribution is 2.22. The molecule has 1 aromatic heterocycles. The standard InChI is InChI=1S/C17H22N2O/c1-5-15(19-20-4)9-7-13-6-8-14-11-16(12(2)3)18-17(14)10-13/h5-6,8,10-12,18H,1,7,9H2,2-4H3/b19-15+. The van der Waals surface area contributed by atoms with Gasteiger partial charge in [-0.15, -0.1) is 0 Å². The van der Waals surface area contributed by atoms with Gasteiger partial charge in [0, 0.05) is 11.2 Å². The van der Waals surface area contributed by atoms with Gasteiger partial charge in [0.25, 0.3) is 0 Å². The van der Waals surface area contributed by atoms with Crippen molar-refractivity contribution in [2.24, 2.45) is 5.16 Å². The average molecular weight is 270 g/mol. The van der Waals surface area contributed by atoms with E-state index in [9.17, 15) is 0 Å². The van der Waals surface area contributed by atoms with Crippen LogP contribution in [0.25, 0.3) is 10.9 Å². The second-order valence-electron chi connectivity index (χ2n) is 5.27. The highest BCUT2D eigenvalue weighted by molar-refractivity contribution is 5.94. The van der Waals surface area contributed by atoms with Crippen molar-refractivity contribution < 1.29 is 4.84 Å². The first-order valence-electron chi connectivity index (χ1n) is 6.98. The van der Waals surface area contributed by atoms with Crippen LogP contribution in [-0.4, -0.2) is 17.8 Å². The lowest BCUT2D eigenvalue weighted by atomic mass is 10.1. The molecule has 0 amide bonds. The SMILES string of the molecule is C=C/C(CCc1ccc2cc(C(C)C)[nH]c2c1)=N\OC. The minimum atomic E-state index is 0.520. The monoisotopic (exact) mass is 270 g/mol. The Bertz CT molecular complexity index is 623. The molecule has 0 aliphatic carbocycles. The van der Waals surface area contributed by atoms with Crippen LogP contribution in [-0.2, 0) is 11.3 Å². The number of hydrogen-bond acceptors (Lipinski definition) is 2. The van der Waals surface area contributed by atoms with Crippen molar-refractivity contribution in [2.75, 3.05) is 7.11 Å². The van der Waals surface area contributed by atoms with Gasteiger partial charge < -0.3 is 9.82 Å². The normalized spacial score (nSPS) is 12.1. The summed E-state index contributed by atoms with van der Waals surface area (Å²) in [4.78, 5) is 8.28. The van der Waals surface area contributed by atoms with Gasteiger partial charge in [0.2, 0.25) is 0 Å². The van der Waals surface area contributed by atoms with Crippen LogP contribution in [0.1, 0.15) is 37.4 Å². The molecule has 0 saturated carbocycles. The molecule has 0 fully saturated rings. The van der Waals surface area contributed by atoms with E-state index in [1.165, 1.54) is 22.2 Å². The Kier molecular flexibility index (Phi) is 4.61. The van der Waals surface area contributed by atoms with Crippen LogP contribution in [0.3, 0.4) is 0 Å². The summed E-state index contributed by atoms with van der Waals surface area (Å²) in [5.74, 6) is 0.520. The zero-order valence-electron chi connectivity index (χ0n) is 12.4. The van der Waals surface area contributed by atoms with Crippen molar-refractivity contribution >= 4 is 16.6 Å². The summed E-state index contributed by atoms with van der Waals surface area (Å²) < 4.78 is 0. The fourth-order valence-electron chi connectivity index (χ4n) is 2.24. The Labute approximate surface area is 120 Å². The maximum absolute atomic E-state index is 4.79. The van der Waals surface area contributed by atoms with Crippen LogP contribution in [0.4, 0.5) is 0 Å². The number of aromatic amines is 1. The van der Waals surface area contributed by atoms with E-state index in [1.54, 1.807) is 13.2 Å². The molecule has 2 rings (SSSR count). The molecule has 3 nitrogen and oxygen atoms in total. The number of allylic oxidation sites excluding steroid dienone is 1. The van der Waals surface area contributed by atoms with Crippen molar-refractivity contribution in [3.63, 3.8) is 0 Å². The first kappa shape index (κ1) is 14.4. The number of hydrogen-bond donors (Lipinski definition) is 1. The number of oxime groups is 1. The lowest BCUT2D eigenvalue weighted by Crippen LogP contribution is -1.97. The quantitative estimate of drug-likeness (QED) is 0.612. The van der Waals surface area contributed by atoms with Crippen LogP contribution in [0.5, 0.6) is 0 Å². The first-order valence-corrected chi connectivity index (χ1v) is 6.98. The summed E-state index contributed by atoms with van der Waals surface area (Å²) in [6, 6.07) is 8.79. The predicted molar refractivity (Wildman–Crippen MR) is 85.3 cm³/mol. The molecule has 0 bridgehead atoms. The summed E-state index contributed by atoms with van der Waals surface area (Å²) in [7, 11) is 1.56. The molecule has 0 unspecified atom stereocenters. The summed E-state index contributed by atoms with van der Waals surface area (Å²) >= 11 is 0. The molecule has 3 heteroatoms. The highest BCUT2D eigenvalue weighted by atomic mass is 16.6. The molecule has 1 heterocycles. The Morgan fingerprint density at radius 3 is 2.85 bits per heavy atom. The van der Waals surface area contributed by atoms with E-state index in [2.05, 4.69) is 54.8 Å². The van der Waals surface area contributed by atoms with Gasteiger partial charge in [-0.2, -0.15) is 0 Å². The lowest BCUT2D eigenvalue weighted by molar-refractivity contribution is 0.213. The maximum atomic E-state index is 4.79. The van der Waals surface area contributed by atoms with Gasteiger partial charge in [0.1, 0.15) is 7.11 Å². The van der Waals surface area contributed by atoms with Crippen molar-refractivity contribution in [1.29, 1.82) is 0 Å². The van der Waals surface area contributed by atoms with Gasteiger partial charge in [-0.25, -0.2) is 0 Å². The van der Waals surface area contributed by atoms with E-state index < -0.39 is 0 Å². The van der Waals surface area contributed by atoms with Gasteiger partial charge >= 0.3 is 0 Å². The molecule has 2 aromatic rings. The molecular weight excluding hydrogens is 248 g/mol. The maximum Gasteiger partial charge on any atom is 0.106 e. The van der Waals surface area contributed by atoms with Gasteiger partial charge in [-0.1, -0.05) is 37.7 Å². The van der Waals surface area contributed by atoms with E-state index in [1.807, 2.05) is 0 Å². The van der Waals surface area contributed by atoms with Crippen LogP contribution >= 0.6 is 0 Å². The molecule has 1 aromatic carbocycles. The van der Waals surface area contributed by atoms with E-state index in [-0.39, 0.29) is 0 Å². The van der Waals surface area contributed by atoms with E-state index >= 15 is 0 Å². The summed E-state index contributed by atoms with van der Waals surface area (Å²) in [5.41, 5.74) is 4.65. The largest absolute Gasteiger partial charge is 0.399 e. The third kappa shape index (κ3) is 3.29. The van der Waals surface area contributed by atoms with Crippen molar-refractivity contribution in [3.05, 3.63) is 48.2 Å². The van der Waals surface area contributed by atoms with Crippen LogP contribution in [0.15, 0.2) is 42.1 Å². The third-order valence-corrected chi connectivity index (χ3v) is 3.44. The van der Waals surface area contributed by atoms with Crippen molar-refractivity contribution in [1.82, 2.24) is 4.98 Å². The second kappa shape index (κ2) is 6.42. The molecular formula is C17H22N2O. The highest BCUT2D eigenvalue weighted by Gasteiger charge is 2.05. The Hall–Kier alpha value is -2.03. The van der Waals surface area contributed by atoms with E-state index in [4.69, 9.17) is 4.84 Å². The van der Waals surface area contributed by atoms with Gasteiger partial charge in [0.15, 0.2) is 0 Å². The molecule has 1 N–H and O–H groups in total. The average Bonchev–Trinajstić information content (AvgIpc) is 2.86. The Morgan fingerprint density at radius 2 is 2.20 bits per heavy atom. The zero-order valence-corrected chi connectivity index (χ0v) is 12.4. The number of benzene rings is 1. The minimum absolute atomic E-state index is 0.520. The zero-order chi connectivity index (χ0) is 14.5. The molecule has 0 spiro atoms. The van der Waals surface area contributed by atoms with Crippen LogP contribution < -0.4 is 0 Å². The fourth-order valence-corrected chi connectivity index (χ4v) is 2.24. The van der Waals surface area contributed by atoms with Crippen molar-refractivity contribution in [2.45, 2.75) is 32.6 Å². The molecule has 0 saturated heterocycles. The molecule has 0 aliphatic rings. The first-order chi connectivity index (χ1) is 9.63. The third-order valence-electron chi connectivity index (χ3n) is 3.44. The van der Waals surface area contributed by atoms with E-state index in [0.29, 0.717) is 5.92 Å². The number of nitrogens with one attached hydrogen (secondary N) is 1. The van der Waals surface area contributed by atoms with Crippen LogP contribution in [0, 0.1) is 0 Å². The van der Waals surface area contributed by atoms with E-state index in [0.717, 1.165) is 18.6 Å². The topological polar surface area (TPSA) is 37.4 Å². The summed E-state index contributed by atoms with van der Waals surface area (Å²) in [6.45, 7) is 8.14. The summed E-state index contributed by atoms with van der Waals surface area (Å²) in [6.07, 6.45) is 3.51. The number of H-pyrrole nitrogens is 1. The molecule has 0 aliphatic heterocycles. The smallest absolute Gasteiger partial charge is 0.106 e. The number of aryl methyl sites for hydroxylation is 1. The predicted octanol–water partition coefficient (Wildman–Crippen LogP) is 4.41. The Morgan fingerprint density at radius 1 is 1.40 bits per heavy atom. The van der Waals surface area contributed by atoms with Gasteiger partial charge in [-0.3, -0.25) is 0 Å². The number of aromatic nitrogens is 1.